The lowest BCUT2D eigenvalue weighted by atomic mass is 10.1. The van der Waals surface area contributed by atoms with Crippen molar-refractivity contribution in [2.75, 3.05) is 18.8 Å². The van der Waals surface area contributed by atoms with Gasteiger partial charge in [-0.15, -0.1) is 0 Å². The molecular weight excluding hydrogens is 220 g/mol. The third-order valence-corrected chi connectivity index (χ3v) is 3.75. The SMILES string of the molecule is CCCCN(CCCc1ccc(N)cc1)C1CC1. The van der Waals surface area contributed by atoms with Gasteiger partial charge in [-0.1, -0.05) is 25.5 Å². The molecule has 0 radical (unpaired) electrons. The lowest BCUT2D eigenvalue weighted by Gasteiger charge is -2.21. The highest BCUT2D eigenvalue weighted by atomic mass is 15.2. The average Bonchev–Trinajstić information content (AvgIpc) is 3.20. The monoisotopic (exact) mass is 246 g/mol. The highest BCUT2D eigenvalue weighted by molar-refractivity contribution is 5.39. The van der Waals surface area contributed by atoms with Crippen LogP contribution in [0.25, 0.3) is 0 Å². The van der Waals surface area contributed by atoms with E-state index in [1.807, 2.05) is 12.1 Å². The van der Waals surface area contributed by atoms with Gasteiger partial charge in [-0.05, 0) is 62.9 Å². The summed E-state index contributed by atoms with van der Waals surface area (Å²) < 4.78 is 0. The molecule has 1 saturated carbocycles. The predicted molar refractivity (Wildman–Crippen MR) is 78.7 cm³/mol. The summed E-state index contributed by atoms with van der Waals surface area (Å²) in [4.78, 5) is 2.70. The molecule has 0 amide bonds. The summed E-state index contributed by atoms with van der Waals surface area (Å²) in [5, 5.41) is 0. The number of unbranched alkanes of at least 4 members (excludes halogenated alkanes) is 1. The molecule has 2 heteroatoms. The van der Waals surface area contributed by atoms with Crippen molar-refractivity contribution >= 4 is 5.69 Å². The van der Waals surface area contributed by atoms with Gasteiger partial charge in [-0.25, -0.2) is 0 Å². The highest BCUT2D eigenvalue weighted by Crippen LogP contribution is 2.27. The molecule has 0 aliphatic heterocycles. The lowest BCUT2D eigenvalue weighted by molar-refractivity contribution is 0.256. The Hall–Kier alpha value is -1.02. The minimum atomic E-state index is 0.862. The molecule has 1 aromatic carbocycles. The number of nitrogens with zero attached hydrogens (tertiary/aromatic N) is 1. The Morgan fingerprint density at radius 3 is 2.39 bits per heavy atom. The fraction of sp³-hybridized carbons (Fsp3) is 0.625. The highest BCUT2D eigenvalue weighted by Gasteiger charge is 2.27. The van der Waals surface area contributed by atoms with Crippen LogP contribution in [0.2, 0.25) is 0 Å². The van der Waals surface area contributed by atoms with Gasteiger partial charge in [0.25, 0.3) is 0 Å². The molecule has 18 heavy (non-hydrogen) atoms. The fourth-order valence-corrected chi connectivity index (χ4v) is 2.45. The number of nitrogens with two attached hydrogens (primary N) is 1. The Kier molecular flexibility index (Phi) is 5.06. The second-order valence-corrected chi connectivity index (χ2v) is 5.47. The topological polar surface area (TPSA) is 29.3 Å². The molecular formula is C16H26N2. The molecule has 1 aromatic rings. The fourth-order valence-electron chi connectivity index (χ4n) is 2.45. The van der Waals surface area contributed by atoms with Crippen LogP contribution in [0.5, 0.6) is 0 Å². The molecule has 2 N–H and O–H groups in total. The number of hydrogen-bond acceptors (Lipinski definition) is 2. The Balaban J connectivity index is 1.70. The van der Waals surface area contributed by atoms with Gasteiger partial charge in [0.2, 0.25) is 0 Å². The summed E-state index contributed by atoms with van der Waals surface area (Å²) >= 11 is 0. The van der Waals surface area contributed by atoms with Crippen LogP contribution in [0.4, 0.5) is 5.69 Å². The van der Waals surface area contributed by atoms with Crippen molar-refractivity contribution in [1.82, 2.24) is 4.90 Å². The maximum atomic E-state index is 5.70. The van der Waals surface area contributed by atoms with Gasteiger partial charge < -0.3 is 10.6 Å². The lowest BCUT2D eigenvalue weighted by Crippen LogP contribution is -2.28. The molecule has 2 rings (SSSR count). The number of hydrogen-bond donors (Lipinski definition) is 1. The molecule has 0 atom stereocenters. The normalized spacial score (nSPS) is 15.2. The van der Waals surface area contributed by atoms with E-state index < -0.39 is 0 Å². The van der Waals surface area contributed by atoms with E-state index >= 15 is 0 Å². The van der Waals surface area contributed by atoms with E-state index in [0.717, 1.165) is 11.7 Å². The van der Waals surface area contributed by atoms with Crippen molar-refractivity contribution in [3.63, 3.8) is 0 Å². The molecule has 0 aromatic heterocycles. The van der Waals surface area contributed by atoms with Crippen molar-refractivity contribution < 1.29 is 0 Å². The van der Waals surface area contributed by atoms with Crippen LogP contribution >= 0.6 is 0 Å². The molecule has 2 nitrogen and oxygen atoms in total. The Labute approximate surface area is 111 Å². The van der Waals surface area contributed by atoms with Gasteiger partial charge in [-0.3, -0.25) is 0 Å². The molecule has 0 bridgehead atoms. The maximum Gasteiger partial charge on any atom is 0.0314 e. The summed E-state index contributed by atoms with van der Waals surface area (Å²) in [5.74, 6) is 0. The first-order valence-corrected chi connectivity index (χ1v) is 7.38. The zero-order valence-electron chi connectivity index (χ0n) is 11.6. The number of nitrogen functional groups attached to an aromatic ring is 1. The molecule has 1 aliphatic rings. The third-order valence-electron chi connectivity index (χ3n) is 3.75. The molecule has 100 valence electrons. The summed E-state index contributed by atoms with van der Waals surface area (Å²) in [6, 6.07) is 9.23. The van der Waals surface area contributed by atoms with Gasteiger partial charge in [0.15, 0.2) is 0 Å². The largest absolute Gasteiger partial charge is 0.399 e. The van der Waals surface area contributed by atoms with Crippen LogP contribution in [-0.2, 0) is 6.42 Å². The predicted octanol–water partition coefficient (Wildman–Crippen LogP) is 3.47. The summed E-state index contributed by atoms with van der Waals surface area (Å²) in [7, 11) is 0. The van der Waals surface area contributed by atoms with Crippen molar-refractivity contribution in [1.29, 1.82) is 0 Å². The van der Waals surface area contributed by atoms with E-state index in [2.05, 4.69) is 24.0 Å². The summed E-state index contributed by atoms with van der Waals surface area (Å²) in [5.41, 5.74) is 7.97. The van der Waals surface area contributed by atoms with Gasteiger partial charge in [0.1, 0.15) is 0 Å². The van der Waals surface area contributed by atoms with Crippen molar-refractivity contribution in [2.45, 2.75) is 51.5 Å². The van der Waals surface area contributed by atoms with Gasteiger partial charge in [0, 0.05) is 11.7 Å². The summed E-state index contributed by atoms with van der Waals surface area (Å²) in [6.45, 7) is 4.83. The van der Waals surface area contributed by atoms with Gasteiger partial charge in [0.05, 0.1) is 0 Å². The Morgan fingerprint density at radius 2 is 1.78 bits per heavy atom. The van der Waals surface area contributed by atoms with E-state index in [0.29, 0.717) is 0 Å². The van der Waals surface area contributed by atoms with Crippen LogP contribution in [-0.4, -0.2) is 24.0 Å². The van der Waals surface area contributed by atoms with Crippen LogP contribution in [0.3, 0.4) is 0 Å². The van der Waals surface area contributed by atoms with Crippen molar-refractivity contribution in [3.8, 4) is 0 Å². The molecule has 0 heterocycles. The smallest absolute Gasteiger partial charge is 0.0314 e. The van der Waals surface area contributed by atoms with Crippen LogP contribution < -0.4 is 5.73 Å². The zero-order valence-corrected chi connectivity index (χ0v) is 11.6. The van der Waals surface area contributed by atoms with Crippen LogP contribution in [0, 0.1) is 0 Å². The molecule has 1 fully saturated rings. The number of benzene rings is 1. The molecule has 1 aliphatic carbocycles. The first-order valence-electron chi connectivity index (χ1n) is 7.38. The molecule has 0 unspecified atom stereocenters. The van der Waals surface area contributed by atoms with Crippen molar-refractivity contribution in [2.24, 2.45) is 0 Å². The standard InChI is InChI=1S/C16H26N2/c1-2-3-12-18(16-10-11-16)13-4-5-14-6-8-15(17)9-7-14/h6-9,16H,2-5,10-13,17H2,1H3. The number of anilines is 1. The second kappa shape index (κ2) is 6.79. The zero-order chi connectivity index (χ0) is 12.8. The van der Waals surface area contributed by atoms with Crippen LogP contribution in [0.1, 0.15) is 44.6 Å². The Morgan fingerprint density at radius 1 is 1.11 bits per heavy atom. The second-order valence-electron chi connectivity index (χ2n) is 5.47. The number of aryl methyl sites for hydroxylation is 1. The molecule has 0 spiro atoms. The van der Waals surface area contributed by atoms with Gasteiger partial charge in [-0.2, -0.15) is 0 Å². The van der Waals surface area contributed by atoms with E-state index in [-0.39, 0.29) is 0 Å². The van der Waals surface area contributed by atoms with E-state index in [9.17, 15) is 0 Å². The van der Waals surface area contributed by atoms with E-state index in [1.54, 1.807) is 0 Å². The minimum Gasteiger partial charge on any atom is -0.399 e. The third kappa shape index (κ3) is 4.34. The Bertz CT molecular complexity index is 341. The van der Waals surface area contributed by atoms with Crippen molar-refractivity contribution in [3.05, 3.63) is 29.8 Å². The first kappa shape index (κ1) is 13.4. The number of rotatable bonds is 8. The molecule has 0 saturated heterocycles. The van der Waals surface area contributed by atoms with E-state index in [1.165, 1.54) is 57.2 Å². The first-order chi connectivity index (χ1) is 8.79. The summed E-state index contributed by atoms with van der Waals surface area (Å²) in [6.07, 6.45) is 7.94. The van der Waals surface area contributed by atoms with Crippen LogP contribution in [0.15, 0.2) is 24.3 Å². The van der Waals surface area contributed by atoms with E-state index in [4.69, 9.17) is 5.73 Å². The van der Waals surface area contributed by atoms with Gasteiger partial charge >= 0.3 is 0 Å². The average molecular weight is 246 g/mol. The minimum absolute atomic E-state index is 0.862. The maximum absolute atomic E-state index is 5.70. The quantitative estimate of drug-likeness (QED) is 0.712.